The maximum atomic E-state index is 12.4. The molecule has 136 valence electrons. The molecule has 1 aromatic carbocycles. The van der Waals surface area contributed by atoms with Crippen molar-refractivity contribution in [2.45, 2.75) is 30.0 Å². The van der Waals surface area contributed by atoms with Gasteiger partial charge >= 0.3 is 0 Å². The van der Waals surface area contributed by atoms with Crippen molar-refractivity contribution in [3.63, 3.8) is 0 Å². The summed E-state index contributed by atoms with van der Waals surface area (Å²) in [5.41, 5.74) is 1.88. The van der Waals surface area contributed by atoms with Crippen LogP contribution in [0, 0.1) is 6.92 Å². The average molecular weight is 453 g/mol. The molecule has 0 radical (unpaired) electrons. The van der Waals surface area contributed by atoms with Crippen LogP contribution in [-0.4, -0.2) is 21.4 Å². The Morgan fingerprint density at radius 2 is 2.23 bits per heavy atom. The molecule has 26 heavy (non-hydrogen) atoms. The Labute approximate surface area is 167 Å². The minimum atomic E-state index is -0.297. The first-order valence-corrected chi connectivity index (χ1v) is 10.3. The highest BCUT2D eigenvalue weighted by Gasteiger charge is 2.18. The summed E-state index contributed by atoms with van der Waals surface area (Å²) in [6.07, 6.45) is 1.63. The molecule has 0 aliphatic carbocycles. The van der Waals surface area contributed by atoms with E-state index < -0.39 is 0 Å². The predicted molar refractivity (Wildman–Crippen MR) is 109 cm³/mol. The van der Waals surface area contributed by atoms with Gasteiger partial charge in [0.05, 0.1) is 23.7 Å². The van der Waals surface area contributed by atoms with Gasteiger partial charge in [0, 0.05) is 4.47 Å². The zero-order valence-corrected chi connectivity index (χ0v) is 17.4. The number of benzene rings is 1. The molecular weight excluding hydrogens is 436 g/mol. The fourth-order valence-corrected chi connectivity index (χ4v) is 4.55. The Kier molecular flexibility index (Phi) is 6.33. The van der Waals surface area contributed by atoms with Crippen molar-refractivity contribution in [2.24, 2.45) is 0 Å². The molecule has 0 saturated carbocycles. The number of nitrogens with zero attached hydrogens (tertiary/aromatic N) is 2. The van der Waals surface area contributed by atoms with Crippen molar-refractivity contribution in [1.29, 1.82) is 0 Å². The van der Waals surface area contributed by atoms with Crippen molar-refractivity contribution < 1.29 is 9.21 Å². The predicted octanol–water partition coefficient (Wildman–Crippen LogP) is 4.93. The van der Waals surface area contributed by atoms with Crippen LogP contribution in [0.2, 0.25) is 0 Å². The summed E-state index contributed by atoms with van der Waals surface area (Å²) in [6, 6.07) is 9.54. The first-order chi connectivity index (χ1) is 12.5. The smallest absolute Gasteiger partial charge is 0.237 e. The van der Waals surface area contributed by atoms with Crippen LogP contribution in [0.25, 0.3) is 0 Å². The van der Waals surface area contributed by atoms with E-state index in [1.165, 1.54) is 23.1 Å². The van der Waals surface area contributed by atoms with Crippen LogP contribution in [0.5, 0.6) is 0 Å². The number of halogens is 1. The number of amides is 1. The van der Waals surface area contributed by atoms with Gasteiger partial charge in [-0.1, -0.05) is 29.2 Å². The van der Waals surface area contributed by atoms with Crippen molar-refractivity contribution in [1.82, 2.24) is 10.2 Å². The number of hydrogen-bond acceptors (Lipinski definition) is 7. The minimum absolute atomic E-state index is 0.0835. The maximum Gasteiger partial charge on any atom is 0.237 e. The summed E-state index contributed by atoms with van der Waals surface area (Å²) in [4.78, 5) is 12.4. The normalized spacial score (nSPS) is 12.0. The van der Waals surface area contributed by atoms with Gasteiger partial charge in [-0.2, -0.15) is 0 Å². The molecule has 0 fully saturated rings. The van der Waals surface area contributed by atoms with E-state index in [4.69, 9.17) is 4.42 Å². The summed E-state index contributed by atoms with van der Waals surface area (Å²) >= 11 is 6.26. The van der Waals surface area contributed by atoms with Gasteiger partial charge in [0.25, 0.3) is 0 Å². The molecule has 1 unspecified atom stereocenters. The van der Waals surface area contributed by atoms with Crippen molar-refractivity contribution in [2.75, 3.05) is 10.6 Å². The number of aromatic nitrogens is 2. The molecule has 3 rings (SSSR count). The third kappa shape index (κ3) is 5.09. The molecule has 0 spiro atoms. The Morgan fingerprint density at radius 3 is 2.96 bits per heavy atom. The van der Waals surface area contributed by atoms with Crippen LogP contribution in [-0.2, 0) is 11.3 Å². The van der Waals surface area contributed by atoms with Gasteiger partial charge in [0.2, 0.25) is 11.0 Å². The summed E-state index contributed by atoms with van der Waals surface area (Å²) in [6.45, 7) is 4.39. The molecule has 0 bridgehead atoms. The number of nitrogens with one attached hydrogen (secondary N) is 2. The Balaban J connectivity index is 1.53. The number of carbonyl (C=O) groups is 1. The largest absolute Gasteiger partial charge is 0.467 e. The second kappa shape index (κ2) is 8.70. The van der Waals surface area contributed by atoms with E-state index >= 15 is 0 Å². The summed E-state index contributed by atoms with van der Waals surface area (Å²) < 4.78 is 6.86. The average Bonchev–Trinajstić information content (AvgIpc) is 3.27. The third-order valence-electron chi connectivity index (χ3n) is 3.43. The van der Waals surface area contributed by atoms with E-state index in [1.54, 1.807) is 6.26 Å². The van der Waals surface area contributed by atoms with E-state index in [-0.39, 0.29) is 11.2 Å². The van der Waals surface area contributed by atoms with Crippen molar-refractivity contribution >= 4 is 55.8 Å². The zero-order chi connectivity index (χ0) is 18.5. The first-order valence-electron chi connectivity index (χ1n) is 7.84. The van der Waals surface area contributed by atoms with Crippen LogP contribution in [0.15, 0.2) is 49.8 Å². The molecule has 0 saturated heterocycles. The number of carbonyl (C=O) groups excluding carboxylic acids is 1. The molecule has 0 aliphatic heterocycles. The second-order valence-electron chi connectivity index (χ2n) is 5.54. The van der Waals surface area contributed by atoms with Crippen molar-refractivity contribution in [3.8, 4) is 0 Å². The molecule has 2 N–H and O–H groups in total. The SMILES string of the molecule is Cc1ccc(NC(=O)C(C)Sc2nnc(NCc3ccco3)s2)c(Br)c1. The summed E-state index contributed by atoms with van der Waals surface area (Å²) in [7, 11) is 0. The number of aryl methyl sites for hydroxylation is 1. The minimum Gasteiger partial charge on any atom is -0.467 e. The first kappa shape index (κ1) is 18.9. The van der Waals surface area contributed by atoms with Gasteiger partial charge < -0.3 is 15.1 Å². The lowest BCUT2D eigenvalue weighted by molar-refractivity contribution is -0.115. The zero-order valence-electron chi connectivity index (χ0n) is 14.2. The highest BCUT2D eigenvalue weighted by Crippen LogP contribution is 2.30. The molecule has 2 aromatic heterocycles. The molecule has 1 amide bonds. The third-order valence-corrected chi connectivity index (χ3v) is 6.15. The number of hydrogen-bond donors (Lipinski definition) is 2. The van der Waals surface area contributed by atoms with E-state index in [9.17, 15) is 4.79 Å². The van der Waals surface area contributed by atoms with Gasteiger partial charge in [0.1, 0.15) is 5.76 Å². The quantitative estimate of drug-likeness (QED) is 0.494. The number of furan rings is 1. The van der Waals surface area contributed by atoms with Gasteiger partial charge in [0.15, 0.2) is 4.34 Å². The van der Waals surface area contributed by atoms with Gasteiger partial charge in [-0.05, 0) is 59.6 Å². The van der Waals surface area contributed by atoms with Crippen LogP contribution < -0.4 is 10.6 Å². The highest BCUT2D eigenvalue weighted by atomic mass is 79.9. The van der Waals surface area contributed by atoms with Crippen LogP contribution in [0.1, 0.15) is 18.2 Å². The van der Waals surface area contributed by atoms with Gasteiger partial charge in [-0.15, -0.1) is 10.2 Å². The lowest BCUT2D eigenvalue weighted by Crippen LogP contribution is -2.22. The number of rotatable bonds is 7. The monoisotopic (exact) mass is 452 g/mol. The fourth-order valence-electron chi connectivity index (χ4n) is 2.07. The van der Waals surface area contributed by atoms with Crippen LogP contribution in [0.3, 0.4) is 0 Å². The molecule has 0 aliphatic rings. The Bertz CT molecular complexity index is 883. The van der Waals surface area contributed by atoms with Gasteiger partial charge in [-0.25, -0.2) is 0 Å². The molecule has 6 nitrogen and oxygen atoms in total. The second-order valence-corrected chi connectivity index (χ2v) is 8.96. The van der Waals surface area contributed by atoms with Gasteiger partial charge in [-0.3, -0.25) is 4.79 Å². The molecule has 1 atom stereocenters. The standard InChI is InChI=1S/C17H17BrN4O2S2/c1-10-5-6-14(13(18)8-10)20-15(23)11(2)25-17-22-21-16(26-17)19-9-12-4-3-7-24-12/h3-8,11H,9H2,1-2H3,(H,19,21)(H,20,23). The molecular formula is C17H17BrN4O2S2. The van der Waals surface area contributed by atoms with E-state index in [2.05, 4.69) is 36.8 Å². The van der Waals surface area contributed by atoms with E-state index in [0.29, 0.717) is 11.7 Å². The molecule has 2 heterocycles. The van der Waals surface area contributed by atoms with Crippen LogP contribution in [0.4, 0.5) is 10.8 Å². The topological polar surface area (TPSA) is 80.0 Å². The number of thioether (sulfide) groups is 1. The lowest BCUT2D eigenvalue weighted by Gasteiger charge is -2.12. The molecule has 3 aromatic rings. The van der Waals surface area contributed by atoms with E-state index in [0.717, 1.165) is 25.8 Å². The highest BCUT2D eigenvalue weighted by molar-refractivity contribution is 9.10. The lowest BCUT2D eigenvalue weighted by atomic mass is 10.2. The molecule has 9 heteroatoms. The summed E-state index contributed by atoms with van der Waals surface area (Å²) in [5, 5.41) is 14.7. The fraction of sp³-hybridized carbons (Fsp3) is 0.235. The summed E-state index contributed by atoms with van der Waals surface area (Å²) in [5.74, 6) is 0.741. The Morgan fingerprint density at radius 1 is 1.38 bits per heavy atom. The van der Waals surface area contributed by atoms with Crippen LogP contribution >= 0.6 is 39.0 Å². The van der Waals surface area contributed by atoms with E-state index in [1.807, 2.05) is 44.2 Å². The van der Waals surface area contributed by atoms with Crippen molar-refractivity contribution in [3.05, 3.63) is 52.4 Å². The number of anilines is 2. The Hall–Kier alpha value is -1.84. The maximum absolute atomic E-state index is 12.4.